The quantitative estimate of drug-likeness (QED) is 0.744. The van der Waals surface area contributed by atoms with Gasteiger partial charge in [0.15, 0.2) is 0 Å². The number of amides is 1. The van der Waals surface area contributed by atoms with Crippen molar-refractivity contribution in [2.45, 2.75) is 64.6 Å². The lowest BCUT2D eigenvalue weighted by atomic mass is 10.1. The average Bonchev–Trinajstić information content (AvgIpc) is 2.49. The van der Waals surface area contributed by atoms with Gasteiger partial charge in [-0.25, -0.2) is 0 Å². The highest BCUT2D eigenvalue weighted by Gasteiger charge is 2.36. The van der Waals surface area contributed by atoms with E-state index in [1.165, 1.54) is 12.8 Å². The molecule has 1 aliphatic heterocycles. The second-order valence-corrected chi connectivity index (χ2v) is 4.26. The van der Waals surface area contributed by atoms with Crippen molar-refractivity contribution < 1.29 is 4.79 Å². The molecule has 1 aliphatic rings. The van der Waals surface area contributed by atoms with Crippen LogP contribution in [0.15, 0.2) is 0 Å². The maximum Gasteiger partial charge on any atom is 0.234 e. The van der Waals surface area contributed by atoms with Gasteiger partial charge in [-0.05, 0) is 32.6 Å². The molecular formula is C11H22N2O. The Hall–Kier alpha value is -0.570. The van der Waals surface area contributed by atoms with E-state index in [1.54, 1.807) is 0 Å². The van der Waals surface area contributed by atoms with Crippen molar-refractivity contribution in [1.29, 1.82) is 0 Å². The van der Waals surface area contributed by atoms with E-state index < -0.39 is 0 Å². The van der Waals surface area contributed by atoms with Crippen LogP contribution in [0.1, 0.15) is 46.5 Å². The zero-order chi connectivity index (χ0) is 10.7. The molecule has 82 valence electrons. The third-order valence-corrected chi connectivity index (χ3v) is 3.39. The maximum absolute atomic E-state index is 11.3. The number of carbonyl (C=O) groups is 1. The summed E-state index contributed by atoms with van der Waals surface area (Å²) in [5.41, 5.74) is 5.43. The van der Waals surface area contributed by atoms with Gasteiger partial charge in [0.05, 0.1) is 6.04 Å². The largest absolute Gasteiger partial charge is 0.368 e. The molecule has 0 aromatic carbocycles. The lowest BCUT2D eigenvalue weighted by Crippen LogP contribution is -2.49. The number of primary amides is 1. The Morgan fingerprint density at radius 1 is 1.50 bits per heavy atom. The summed E-state index contributed by atoms with van der Waals surface area (Å²) in [7, 11) is 0. The fraction of sp³-hybridized carbons (Fsp3) is 0.909. The Bertz CT molecular complexity index is 205. The van der Waals surface area contributed by atoms with E-state index in [0.29, 0.717) is 12.1 Å². The van der Waals surface area contributed by atoms with Gasteiger partial charge in [0, 0.05) is 12.1 Å². The van der Waals surface area contributed by atoms with E-state index in [1.807, 2.05) is 6.92 Å². The summed E-state index contributed by atoms with van der Waals surface area (Å²) in [6.07, 6.45) is 4.36. The summed E-state index contributed by atoms with van der Waals surface area (Å²) in [4.78, 5) is 13.6. The Morgan fingerprint density at radius 2 is 2.14 bits per heavy atom. The van der Waals surface area contributed by atoms with Gasteiger partial charge < -0.3 is 5.73 Å². The molecule has 0 saturated carbocycles. The molecule has 1 fully saturated rings. The first-order valence-corrected chi connectivity index (χ1v) is 5.68. The van der Waals surface area contributed by atoms with Gasteiger partial charge in [-0.3, -0.25) is 9.69 Å². The first-order chi connectivity index (χ1) is 6.61. The Labute approximate surface area is 86.6 Å². The summed E-state index contributed by atoms with van der Waals surface area (Å²) < 4.78 is 0. The molecule has 0 aromatic heterocycles. The Morgan fingerprint density at radius 3 is 2.57 bits per heavy atom. The minimum Gasteiger partial charge on any atom is -0.368 e. The molecule has 0 spiro atoms. The highest BCUT2D eigenvalue weighted by molar-refractivity contribution is 5.79. The van der Waals surface area contributed by atoms with Gasteiger partial charge in [-0.1, -0.05) is 13.8 Å². The van der Waals surface area contributed by atoms with Crippen LogP contribution in [0.5, 0.6) is 0 Å². The summed E-state index contributed by atoms with van der Waals surface area (Å²) in [6.45, 7) is 6.41. The van der Waals surface area contributed by atoms with Crippen LogP contribution < -0.4 is 5.73 Å². The zero-order valence-electron chi connectivity index (χ0n) is 9.49. The number of hydrogen-bond acceptors (Lipinski definition) is 2. The van der Waals surface area contributed by atoms with Gasteiger partial charge in [-0.15, -0.1) is 0 Å². The molecule has 1 amide bonds. The molecule has 0 radical (unpaired) electrons. The minimum atomic E-state index is -0.167. The van der Waals surface area contributed by atoms with E-state index in [-0.39, 0.29) is 11.9 Å². The van der Waals surface area contributed by atoms with Crippen molar-refractivity contribution in [2.75, 3.05) is 0 Å². The van der Waals surface area contributed by atoms with Crippen LogP contribution in [-0.2, 0) is 4.79 Å². The van der Waals surface area contributed by atoms with Crippen molar-refractivity contribution in [3.8, 4) is 0 Å². The van der Waals surface area contributed by atoms with Gasteiger partial charge in [0.25, 0.3) is 0 Å². The normalized spacial score (nSPS) is 30.5. The molecule has 1 rings (SSSR count). The van der Waals surface area contributed by atoms with E-state index >= 15 is 0 Å². The summed E-state index contributed by atoms with van der Waals surface area (Å²) in [5, 5.41) is 0. The summed E-state index contributed by atoms with van der Waals surface area (Å²) in [5.74, 6) is -0.167. The average molecular weight is 198 g/mol. The fourth-order valence-corrected chi connectivity index (χ4v) is 2.63. The standard InChI is InChI=1S/C11H22N2O/c1-4-9-7-6-8(3)13(9)10(5-2)11(12)14/h8-10H,4-7H2,1-3H3,(H2,12,14). The van der Waals surface area contributed by atoms with Crippen LogP contribution in [0.25, 0.3) is 0 Å². The second kappa shape index (κ2) is 4.78. The molecule has 0 aromatic rings. The van der Waals surface area contributed by atoms with E-state index in [9.17, 15) is 4.79 Å². The second-order valence-electron chi connectivity index (χ2n) is 4.26. The Kier molecular flexibility index (Phi) is 3.93. The molecule has 0 aliphatic carbocycles. The van der Waals surface area contributed by atoms with Crippen LogP contribution in [0.2, 0.25) is 0 Å². The molecule has 3 unspecified atom stereocenters. The van der Waals surface area contributed by atoms with E-state index in [0.717, 1.165) is 12.8 Å². The number of carbonyl (C=O) groups excluding carboxylic acids is 1. The lowest BCUT2D eigenvalue weighted by molar-refractivity contribution is -0.124. The molecule has 2 N–H and O–H groups in total. The molecular weight excluding hydrogens is 176 g/mol. The van der Waals surface area contributed by atoms with Gasteiger partial charge >= 0.3 is 0 Å². The predicted octanol–water partition coefficient (Wildman–Crippen LogP) is 1.51. The maximum atomic E-state index is 11.3. The van der Waals surface area contributed by atoms with E-state index in [4.69, 9.17) is 5.73 Å². The fourth-order valence-electron chi connectivity index (χ4n) is 2.63. The smallest absolute Gasteiger partial charge is 0.234 e. The van der Waals surface area contributed by atoms with Crippen molar-refractivity contribution in [1.82, 2.24) is 4.90 Å². The van der Waals surface area contributed by atoms with Gasteiger partial charge in [0.1, 0.15) is 0 Å². The van der Waals surface area contributed by atoms with Crippen LogP contribution in [0.3, 0.4) is 0 Å². The van der Waals surface area contributed by atoms with Gasteiger partial charge in [0.2, 0.25) is 5.91 Å². The third-order valence-electron chi connectivity index (χ3n) is 3.39. The molecule has 1 saturated heterocycles. The number of rotatable bonds is 4. The van der Waals surface area contributed by atoms with Crippen LogP contribution in [0.4, 0.5) is 0 Å². The molecule has 3 atom stereocenters. The third kappa shape index (κ3) is 2.08. The molecule has 0 bridgehead atoms. The minimum absolute atomic E-state index is 0.0579. The first-order valence-electron chi connectivity index (χ1n) is 5.68. The monoisotopic (exact) mass is 198 g/mol. The van der Waals surface area contributed by atoms with Crippen molar-refractivity contribution >= 4 is 5.91 Å². The summed E-state index contributed by atoms with van der Waals surface area (Å²) in [6, 6.07) is 1.01. The predicted molar refractivity (Wildman–Crippen MR) is 57.9 cm³/mol. The topological polar surface area (TPSA) is 46.3 Å². The molecule has 14 heavy (non-hydrogen) atoms. The molecule has 1 heterocycles. The summed E-state index contributed by atoms with van der Waals surface area (Å²) >= 11 is 0. The van der Waals surface area contributed by atoms with Crippen LogP contribution >= 0.6 is 0 Å². The van der Waals surface area contributed by atoms with Crippen molar-refractivity contribution in [2.24, 2.45) is 5.73 Å². The highest BCUT2D eigenvalue weighted by atomic mass is 16.1. The SMILES string of the molecule is CCC1CCC(C)N1C(CC)C(N)=O. The number of hydrogen-bond donors (Lipinski definition) is 1. The Balaban J connectivity index is 2.75. The lowest BCUT2D eigenvalue weighted by Gasteiger charge is -2.33. The van der Waals surface area contributed by atoms with Gasteiger partial charge in [-0.2, -0.15) is 0 Å². The molecule has 3 heteroatoms. The highest BCUT2D eigenvalue weighted by Crippen LogP contribution is 2.29. The first kappa shape index (κ1) is 11.5. The number of nitrogens with zero attached hydrogens (tertiary/aromatic N) is 1. The van der Waals surface area contributed by atoms with Crippen molar-refractivity contribution in [3.63, 3.8) is 0 Å². The molecule has 3 nitrogen and oxygen atoms in total. The zero-order valence-corrected chi connectivity index (χ0v) is 9.49. The number of likely N-dealkylation sites (tertiary alicyclic amines) is 1. The van der Waals surface area contributed by atoms with Crippen LogP contribution in [-0.4, -0.2) is 28.9 Å². The van der Waals surface area contributed by atoms with E-state index in [2.05, 4.69) is 18.7 Å². The van der Waals surface area contributed by atoms with Crippen molar-refractivity contribution in [3.05, 3.63) is 0 Å². The van der Waals surface area contributed by atoms with Crippen LogP contribution in [0, 0.1) is 0 Å². The number of nitrogens with two attached hydrogens (primary N) is 1.